The molecular weight excluding hydrogens is 626 g/mol. The third kappa shape index (κ3) is 5.27. The average Bonchev–Trinajstić information content (AvgIpc) is 3.82. The molecule has 0 aromatic carbocycles. The molecule has 8 atom stereocenters. The molecule has 47 heavy (non-hydrogen) atoms. The maximum atomic E-state index is 17.2. The topological polar surface area (TPSA) is 109 Å². The SMILES string of the molecule is Fc1c2ncc3c(nc(OC[C@@]45CCCN4C[C@H](F)C5)nc13)N1CCCC[C@@H](C1)c1cnn(n1)CCCC1C(Cl)CC3NNCC3C21. The summed E-state index contributed by atoms with van der Waals surface area (Å²) < 4.78 is 38.2. The fourth-order valence-corrected chi connectivity index (χ4v) is 10.2. The van der Waals surface area contributed by atoms with Crippen molar-refractivity contribution >= 4 is 28.3 Å². The van der Waals surface area contributed by atoms with Crippen molar-refractivity contribution in [2.75, 3.05) is 44.2 Å². The minimum absolute atomic E-state index is 0.0221. The molecular formula is C33H43ClF2N10O. The van der Waals surface area contributed by atoms with E-state index in [0.717, 1.165) is 70.2 Å². The fourth-order valence-electron chi connectivity index (χ4n) is 9.77. The maximum absolute atomic E-state index is 17.2. The number of hydrogen-bond donors (Lipinski definition) is 2. The zero-order valence-corrected chi connectivity index (χ0v) is 27.4. The Labute approximate surface area is 278 Å². The van der Waals surface area contributed by atoms with Gasteiger partial charge in [-0.3, -0.25) is 20.7 Å². The number of nitrogens with zero attached hydrogens (tertiary/aromatic N) is 8. The lowest BCUT2D eigenvalue weighted by Gasteiger charge is -2.42. The van der Waals surface area contributed by atoms with Gasteiger partial charge >= 0.3 is 6.01 Å². The molecule has 0 radical (unpaired) electrons. The molecule has 11 nitrogen and oxygen atoms in total. The molecule has 9 heterocycles. The van der Waals surface area contributed by atoms with Gasteiger partial charge in [0.1, 0.15) is 24.1 Å². The van der Waals surface area contributed by atoms with Crippen LogP contribution in [0.3, 0.4) is 0 Å². The first-order chi connectivity index (χ1) is 23.0. The van der Waals surface area contributed by atoms with E-state index in [0.29, 0.717) is 49.5 Å². The molecule has 2 N–H and O–H groups in total. The van der Waals surface area contributed by atoms with Crippen molar-refractivity contribution < 1.29 is 13.5 Å². The first-order valence-corrected chi connectivity index (χ1v) is 18.0. The van der Waals surface area contributed by atoms with E-state index >= 15 is 4.39 Å². The molecule has 1 saturated carbocycles. The first-order valence-electron chi connectivity index (χ1n) is 17.6. The molecule has 3 aromatic heterocycles. The van der Waals surface area contributed by atoms with Crippen LogP contribution in [0.4, 0.5) is 14.6 Å². The number of halogens is 3. The van der Waals surface area contributed by atoms with Crippen LogP contribution in [0.2, 0.25) is 0 Å². The summed E-state index contributed by atoms with van der Waals surface area (Å²) in [6, 6.07) is 0.266. The molecule has 0 spiro atoms. The predicted molar refractivity (Wildman–Crippen MR) is 173 cm³/mol. The number of nitrogens with one attached hydrogen (secondary N) is 2. The summed E-state index contributed by atoms with van der Waals surface area (Å²) in [6.07, 6.45) is 10.6. The Morgan fingerprint density at radius 2 is 1.98 bits per heavy atom. The van der Waals surface area contributed by atoms with Crippen molar-refractivity contribution in [2.24, 2.45) is 11.8 Å². The average molecular weight is 669 g/mol. The lowest BCUT2D eigenvalue weighted by Crippen LogP contribution is -2.45. The molecule has 3 aromatic rings. The van der Waals surface area contributed by atoms with Gasteiger partial charge in [-0.05, 0) is 63.3 Å². The number of ether oxygens (including phenoxy) is 1. The molecule has 14 heteroatoms. The number of aryl methyl sites for hydroxylation is 1. The molecule has 6 aliphatic heterocycles. The molecule has 7 aliphatic rings. The zero-order chi connectivity index (χ0) is 31.7. The summed E-state index contributed by atoms with van der Waals surface area (Å²) in [6.45, 7) is 4.43. The Balaban J connectivity index is 1.18. The molecule has 4 saturated heterocycles. The molecule has 5 fully saturated rings. The third-order valence-electron chi connectivity index (χ3n) is 12.1. The van der Waals surface area contributed by atoms with Crippen LogP contribution in [-0.2, 0) is 6.54 Å². The predicted octanol–water partition coefficient (Wildman–Crippen LogP) is 4.08. The summed E-state index contributed by atoms with van der Waals surface area (Å²) in [4.78, 5) is 20.9. The Morgan fingerprint density at radius 3 is 2.91 bits per heavy atom. The number of hydrazine groups is 1. The van der Waals surface area contributed by atoms with Crippen LogP contribution in [-0.4, -0.2) is 97.3 Å². The van der Waals surface area contributed by atoms with Crippen LogP contribution in [0.15, 0.2) is 12.4 Å². The van der Waals surface area contributed by atoms with E-state index in [2.05, 4.69) is 25.8 Å². The summed E-state index contributed by atoms with van der Waals surface area (Å²) in [5, 5.41) is 10.0. The van der Waals surface area contributed by atoms with Gasteiger partial charge in [0.25, 0.3) is 0 Å². The molecule has 252 valence electrons. The molecule has 5 unspecified atom stereocenters. The second kappa shape index (κ2) is 12.0. The molecule has 0 amide bonds. The summed E-state index contributed by atoms with van der Waals surface area (Å²) in [5.74, 6) is 0.327. The lowest BCUT2D eigenvalue weighted by atomic mass is 9.66. The highest BCUT2D eigenvalue weighted by atomic mass is 35.5. The van der Waals surface area contributed by atoms with Gasteiger partial charge in [0.15, 0.2) is 5.82 Å². The second-order valence-corrected chi connectivity index (χ2v) is 15.4. The fraction of sp³-hybridized carbons (Fsp3) is 0.727. The number of aromatic nitrogens is 6. The number of hydrogen-bond acceptors (Lipinski definition) is 10. The Hall–Kier alpha value is -2.74. The number of anilines is 1. The third-order valence-corrected chi connectivity index (χ3v) is 12.6. The van der Waals surface area contributed by atoms with E-state index in [1.807, 2.05) is 11.0 Å². The molecule has 10 rings (SSSR count). The standard InChI is InChI=1S/C33H43ClF2N10O/c34-24-11-25-22(14-38-42-25)27-21(24)6-3-10-46-39-15-26(43-46)19-5-1-2-8-44(16-19)31-23-13-37-30(27)28(36)29(23)40-32(41-31)47-18-33-7-4-9-45(33)17-20(35)12-33/h13,15,19-22,24-25,27,38,42H,1-12,14,16-18H2/t19-,20+,21?,22?,24?,25?,27?,33-/m0/s1. The van der Waals surface area contributed by atoms with Crippen molar-refractivity contribution in [1.82, 2.24) is 45.7 Å². The van der Waals surface area contributed by atoms with E-state index in [1.165, 1.54) is 0 Å². The van der Waals surface area contributed by atoms with E-state index in [9.17, 15) is 4.39 Å². The van der Waals surface area contributed by atoms with Gasteiger partial charge in [0.2, 0.25) is 0 Å². The summed E-state index contributed by atoms with van der Waals surface area (Å²) >= 11 is 7.13. The monoisotopic (exact) mass is 668 g/mol. The maximum Gasteiger partial charge on any atom is 0.319 e. The van der Waals surface area contributed by atoms with E-state index < -0.39 is 12.0 Å². The van der Waals surface area contributed by atoms with Crippen molar-refractivity contribution in [3.05, 3.63) is 29.6 Å². The highest BCUT2D eigenvalue weighted by Crippen LogP contribution is 2.48. The van der Waals surface area contributed by atoms with Gasteiger partial charge in [0.05, 0.1) is 35.1 Å². The Bertz CT molecular complexity index is 1640. The minimum atomic E-state index is -0.866. The van der Waals surface area contributed by atoms with Crippen molar-refractivity contribution in [3.8, 4) is 6.01 Å². The highest BCUT2D eigenvalue weighted by Gasteiger charge is 2.50. The van der Waals surface area contributed by atoms with Crippen LogP contribution in [0.25, 0.3) is 10.9 Å². The Kier molecular flexibility index (Phi) is 7.74. The number of fused-ring (bicyclic) bond motifs is 5. The van der Waals surface area contributed by atoms with Gasteiger partial charge in [0, 0.05) is 62.1 Å². The Morgan fingerprint density at radius 1 is 1.04 bits per heavy atom. The number of alkyl halides is 2. The molecule has 1 aliphatic carbocycles. The highest BCUT2D eigenvalue weighted by molar-refractivity contribution is 6.21. The summed E-state index contributed by atoms with van der Waals surface area (Å²) in [5.41, 5.74) is 7.96. The van der Waals surface area contributed by atoms with E-state index in [-0.39, 0.29) is 58.8 Å². The minimum Gasteiger partial charge on any atom is -0.461 e. The van der Waals surface area contributed by atoms with E-state index in [1.54, 1.807) is 6.20 Å². The van der Waals surface area contributed by atoms with Crippen LogP contribution < -0.4 is 20.5 Å². The quantitative estimate of drug-likeness (QED) is 0.397. The first kappa shape index (κ1) is 30.3. The van der Waals surface area contributed by atoms with Gasteiger partial charge in [-0.1, -0.05) is 6.42 Å². The van der Waals surface area contributed by atoms with Crippen LogP contribution >= 0.6 is 11.6 Å². The van der Waals surface area contributed by atoms with Gasteiger partial charge in [-0.2, -0.15) is 25.0 Å². The van der Waals surface area contributed by atoms with Crippen molar-refractivity contribution in [1.29, 1.82) is 0 Å². The molecule has 8 bridgehead atoms. The van der Waals surface area contributed by atoms with Gasteiger partial charge in [-0.15, -0.1) is 11.6 Å². The smallest absolute Gasteiger partial charge is 0.319 e. The van der Waals surface area contributed by atoms with Crippen LogP contribution in [0, 0.1) is 17.7 Å². The van der Waals surface area contributed by atoms with Crippen LogP contribution in [0.5, 0.6) is 6.01 Å². The summed E-state index contributed by atoms with van der Waals surface area (Å²) in [7, 11) is 0. The van der Waals surface area contributed by atoms with Crippen molar-refractivity contribution in [2.45, 2.75) is 99.3 Å². The largest absolute Gasteiger partial charge is 0.461 e. The zero-order valence-electron chi connectivity index (χ0n) is 26.6. The van der Waals surface area contributed by atoms with Gasteiger partial charge < -0.3 is 9.64 Å². The number of rotatable bonds is 3. The van der Waals surface area contributed by atoms with Crippen LogP contribution in [0.1, 0.15) is 81.0 Å². The van der Waals surface area contributed by atoms with E-state index in [4.69, 9.17) is 36.4 Å². The second-order valence-electron chi connectivity index (χ2n) is 14.8. The normalized spacial score (nSPS) is 35.6. The van der Waals surface area contributed by atoms with Crippen molar-refractivity contribution in [3.63, 3.8) is 0 Å². The van der Waals surface area contributed by atoms with Gasteiger partial charge in [-0.25, -0.2) is 8.78 Å². The number of pyridine rings is 1. The lowest BCUT2D eigenvalue weighted by molar-refractivity contribution is 0.107.